The molecule has 3 aromatic rings. The summed E-state index contributed by atoms with van der Waals surface area (Å²) >= 11 is 1.50. The molecule has 0 radical (unpaired) electrons. The third kappa shape index (κ3) is 2.62. The second-order valence-electron chi connectivity index (χ2n) is 4.25. The number of aromatic nitrogens is 3. The summed E-state index contributed by atoms with van der Waals surface area (Å²) in [7, 11) is 0. The molecular weight excluding hydrogens is 301 g/mol. The summed E-state index contributed by atoms with van der Waals surface area (Å²) in [6.07, 6.45) is -3.65. The zero-order valence-electron chi connectivity index (χ0n) is 10.5. The molecule has 0 saturated carbocycles. The Labute approximate surface area is 121 Å². The van der Waals surface area contributed by atoms with E-state index in [-0.39, 0.29) is 5.82 Å². The Morgan fingerprint density at radius 2 is 2.00 bits per heavy atom. The Morgan fingerprint density at radius 3 is 2.57 bits per heavy atom. The molecule has 0 bridgehead atoms. The molecule has 0 fully saturated rings. The van der Waals surface area contributed by atoms with E-state index >= 15 is 0 Å². The summed E-state index contributed by atoms with van der Waals surface area (Å²) in [4.78, 5) is 4.70. The second kappa shape index (κ2) is 4.88. The Hall–Kier alpha value is -2.35. The highest BCUT2D eigenvalue weighted by molar-refractivity contribution is 7.13. The predicted octanol–water partition coefficient (Wildman–Crippen LogP) is 3.60. The van der Waals surface area contributed by atoms with E-state index in [0.717, 1.165) is 17.1 Å². The zero-order chi connectivity index (χ0) is 15.0. The van der Waals surface area contributed by atoms with Crippen molar-refractivity contribution < 1.29 is 13.2 Å². The van der Waals surface area contributed by atoms with E-state index in [1.54, 1.807) is 6.07 Å². The third-order valence-corrected chi connectivity index (χ3v) is 3.70. The van der Waals surface area contributed by atoms with E-state index in [1.807, 2.05) is 17.5 Å². The maximum absolute atomic E-state index is 12.5. The van der Waals surface area contributed by atoms with Gasteiger partial charge in [-0.15, -0.1) is 11.3 Å². The number of alkyl halides is 3. The van der Waals surface area contributed by atoms with Gasteiger partial charge in [-0.2, -0.15) is 23.0 Å². The number of pyridine rings is 1. The minimum atomic E-state index is -4.41. The summed E-state index contributed by atoms with van der Waals surface area (Å²) in [5, 5.41) is 6.18. The molecule has 3 heterocycles. The molecule has 0 atom stereocenters. The first-order chi connectivity index (χ1) is 9.95. The van der Waals surface area contributed by atoms with Crippen molar-refractivity contribution >= 4 is 17.2 Å². The molecule has 108 valence electrons. The van der Waals surface area contributed by atoms with Gasteiger partial charge in [-0.3, -0.25) is 0 Å². The molecule has 0 unspecified atom stereocenters. The van der Waals surface area contributed by atoms with Crippen molar-refractivity contribution in [2.24, 2.45) is 0 Å². The van der Waals surface area contributed by atoms with Crippen molar-refractivity contribution in [3.8, 4) is 16.4 Å². The van der Waals surface area contributed by atoms with E-state index < -0.39 is 11.7 Å². The molecule has 0 amide bonds. The van der Waals surface area contributed by atoms with Gasteiger partial charge in [-0.1, -0.05) is 6.07 Å². The number of hydrogen-bond acceptors (Lipinski definition) is 4. The first kappa shape index (κ1) is 13.6. The number of nitrogens with two attached hydrogens (primary N) is 1. The summed E-state index contributed by atoms with van der Waals surface area (Å²) in [5.74, 6) is 0.550. The average molecular weight is 310 g/mol. The molecule has 2 N–H and O–H groups in total. The number of rotatable bonds is 2. The monoisotopic (exact) mass is 310 g/mol. The molecule has 0 aliphatic rings. The first-order valence-corrected chi connectivity index (χ1v) is 6.76. The maximum atomic E-state index is 12.5. The number of hydrogen-bond donors (Lipinski definition) is 1. The molecule has 0 spiro atoms. The van der Waals surface area contributed by atoms with Crippen LogP contribution in [0.1, 0.15) is 5.56 Å². The van der Waals surface area contributed by atoms with Gasteiger partial charge in [0.15, 0.2) is 5.82 Å². The fourth-order valence-electron chi connectivity index (χ4n) is 1.80. The average Bonchev–Trinajstić information content (AvgIpc) is 3.07. The van der Waals surface area contributed by atoms with Crippen LogP contribution in [-0.2, 0) is 6.18 Å². The molecule has 0 aliphatic carbocycles. The largest absolute Gasteiger partial charge is 0.417 e. The number of nitrogen functional groups attached to an aromatic ring is 1. The standard InChI is InChI=1S/C13H9F3N4S/c14-13(15,16)8-3-4-12(18-7-8)20-11(17)6-9(19-20)10-2-1-5-21-10/h1-7H,17H2. The zero-order valence-corrected chi connectivity index (χ0v) is 11.3. The molecule has 3 rings (SSSR count). The topological polar surface area (TPSA) is 56.7 Å². The van der Waals surface area contributed by atoms with Gasteiger partial charge in [-0.05, 0) is 23.6 Å². The van der Waals surface area contributed by atoms with Crippen LogP contribution in [0.15, 0.2) is 41.9 Å². The van der Waals surface area contributed by atoms with Crippen molar-refractivity contribution in [1.29, 1.82) is 0 Å². The molecule has 4 nitrogen and oxygen atoms in total. The smallest absolute Gasteiger partial charge is 0.384 e. The van der Waals surface area contributed by atoms with Crippen molar-refractivity contribution in [2.45, 2.75) is 6.18 Å². The number of nitrogens with zero attached hydrogens (tertiary/aromatic N) is 3. The van der Waals surface area contributed by atoms with Gasteiger partial charge in [0.25, 0.3) is 0 Å². The molecule has 3 aromatic heterocycles. The summed E-state index contributed by atoms with van der Waals surface area (Å²) in [6.45, 7) is 0. The van der Waals surface area contributed by atoms with Crippen LogP contribution in [0.2, 0.25) is 0 Å². The molecule has 21 heavy (non-hydrogen) atoms. The van der Waals surface area contributed by atoms with Gasteiger partial charge < -0.3 is 5.73 Å². The van der Waals surface area contributed by atoms with Crippen LogP contribution in [0.5, 0.6) is 0 Å². The first-order valence-electron chi connectivity index (χ1n) is 5.88. The highest BCUT2D eigenvalue weighted by atomic mass is 32.1. The van der Waals surface area contributed by atoms with Crippen LogP contribution in [0.25, 0.3) is 16.4 Å². The van der Waals surface area contributed by atoms with E-state index in [4.69, 9.17) is 5.73 Å². The van der Waals surface area contributed by atoms with Gasteiger partial charge in [-0.25, -0.2) is 4.98 Å². The lowest BCUT2D eigenvalue weighted by atomic mass is 10.3. The van der Waals surface area contributed by atoms with Gasteiger partial charge in [0.05, 0.1) is 10.4 Å². The molecular formula is C13H9F3N4S. The van der Waals surface area contributed by atoms with Crippen LogP contribution in [0.4, 0.5) is 19.0 Å². The Kier molecular flexibility index (Phi) is 3.17. The lowest BCUT2D eigenvalue weighted by Gasteiger charge is -2.07. The third-order valence-electron chi connectivity index (χ3n) is 2.80. The van der Waals surface area contributed by atoms with Crippen LogP contribution < -0.4 is 5.73 Å². The molecule has 0 saturated heterocycles. The van der Waals surface area contributed by atoms with Crippen molar-refractivity contribution in [3.05, 3.63) is 47.5 Å². The highest BCUT2D eigenvalue weighted by Gasteiger charge is 2.30. The minimum absolute atomic E-state index is 0.239. The van der Waals surface area contributed by atoms with Crippen LogP contribution in [-0.4, -0.2) is 14.8 Å². The lowest BCUT2D eigenvalue weighted by Crippen LogP contribution is -2.08. The quantitative estimate of drug-likeness (QED) is 0.787. The van der Waals surface area contributed by atoms with Gasteiger partial charge in [0, 0.05) is 12.3 Å². The summed E-state index contributed by atoms with van der Waals surface area (Å²) < 4.78 is 38.8. The van der Waals surface area contributed by atoms with Gasteiger partial charge in [0.2, 0.25) is 0 Å². The predicted molar refractivity (Wildman–Crippen MR) is 74.1 cm³/mol. The van der Waals surface area contributed by atoms with Crippen molar-refractivity contribution in [2.75, 3.05) is 5.73 Å². The minimum Gasteiger partial charge on any atom is -0.384 e. The number of halogens is 3. The SMILES string of the molecule is Nc1cc(-c2cccs2)nn1-c1ccc(C(F)(F)F)cn1. The van der Waals surface area contributed by atoms with Gasteiger partial charge in [0.1, 0.15) is 11.5 Å². The normalized spacial score (nSPS) is 11.8. The molecule has 0 aromatic carbocycles. The Balaban J connectivity index is 1.97. The fourth-order valence-corrected chi connectivity index (χ4v) is 2.48. The van der Waals surface area contributed by atoms with Crippen LogP contribution in [0.3, 0.4) is 0 Å². The summed E-state index contributed by atoms with van der Waals surface area (Å²) in [5.41, 5.74) is 5.69. The number of thiophene rings is 1. The maximum Gasteiger partial charge on any atom is 0.417 e. The van der Waals surface area contributed by atoms with Crippen molar-refractivity contribution in [1.82, 2.24) is 14.8 Å². The highest BCUT2D eigenvalue weighted by Crippen LogP contribution is 2.30. The van der Waals surface area contributed by atoms with Crippen molar-refractivity contribution in [3.63, 3.8) is 0 Å². The van der Waals surface area contributed by atoms with Crippen LogP contribution >= 0.6 is 11.3 Å². The molecule has 0 aliphatic heterocycles. The second-order valence-corrected chi connectivity index (χ2v) is 5.19. The number of anilines is 1. The molecule has 8 heteroatoms. The van der Waals surface area contributed by atoms with E-state index in [1.165, 1.54) is 22.1 Å². The lowest BCUT2D eigenvalue weighted by molar-refractivity contribution is -0.137. The van der Waals surface area contributed by atoms with E-state index in [9.17, 15) is 13.2 Å². The van der Waals surface area contributed by atoms with Crippen LogP contribution in [0, 0.1) is 0 Å². The Bertz CT molecular complexity index is 745. The van der Waals surface area contributed by atoms with E-state index in [2.05, 4.69) is 10.1 Å². The Morgan fingerprint density at radius 1 is 1.19 bits per heavy atom. The van der Waals surface area contributed by atoms with Gasteiger partial charge >= 0.3 is 6.18 Å². The van der Waals surface area contributed by atoms with E-state index in [0.29, 0.717) is 11.5 Å². The fraction of sp³-hybridized carbons (Fsp3) is 0.0769. The summed E-state index contributed by atoms with van der Waals surface area (Å²) in [6, 6.07) is 7.62.